The first-order chi connectivity index (χ1) is 10.6. The van der Waals surface area contributed by atoms with E-state index < -0.39 is 0 Å². The van der Waals surface area contributed by atoms with Crippen molar-refractivity contribution in [1.29, 1.82) is 0 Å². The SMILES string of the molecule is Cc1nc([C@@H]2CN(C(=O)[C@H](C)Cc3cccs3)CCO2)n[nH]1. The number of carbonyl (C=O) groups excluding carboxylic acids is 1. The highest BCUT2D eigenvalue weighted by Crippen LogP contribution is 2.22. The largest absolute Gasteiger partial charge is 0.366 e. The average molecular weight is 320 g/mol. The number of rotatable bonds is 4. The fourth-order valence-electron chi connectivity index (χ4n) is 2.64. The Kier molecular flexibility index (Phi) is 4.54. The van der Waals surface area contributed by atoms with Gasteiger partial charge in [0.25, 0.3) is 0 Å². The van der Waals surface area contributed by atoms with Gasteiger partial charge in [0.15, 0.2) is 5.82 Å². The van der Waals surface area contributed by atoms with Crippen LogP contribution in [0.3, 0.4) is 0 Å². The zero-order valence-corrected chi connectivity index (χ0v) is 13.6. The molecule has 118 valence electrons. The van der Waals surface area contributed by atoms with Crippen molar-refractivity contribution in [3.05, 3.63) is 34.0 Å². The minimum absolute atomic E-state index is 0.0220. The molecule has 3 heterocycles. The Labute approximate surface area is 133 Å². The van der Waals surface area contributed by atoms with Crippen molar-refractivity contribution in [1.82, 2.24) is 20.1 Å². The Morgan fingerprint density at radius 1 is 1.64 bits per heavy atom. The third-order valence-electron chi connectivity index (χ3n) is 3.79. The van der Waals surface area contributed by atoms with Gasteiger partial charge < -0.3 is 9.64 Å². The maximum absolute atomic E-state index is 12.6. The number of nitrogens with one attached hydrogen (secondary N) is 1. The molecule has 0 saturated carbocycles. The van der Waals surface area contributed by atoms with E-state index in [0.717, 1.165) is 12.2 Å². The molecule has 1 fully saturated rings. The number of hydrogen-bond donors (Lipinski definition) is 1. The molecule has 6 nitrogen and oxygen atoms in total. The monoisotopic (exact) mass is 320 g/mol. The molecule has 3 rings (SSSR count). The molecular formula is C15H20N4O2S. The zero-order valence-electron chi connectivity index (χ0n) is 12.8. The summed E-state index contributed by atoms with van der Waals surface area (Å²) in [5.74, 6) is 1.54. The van der Waals surface area contributed by atoms with Gasteiger partial charge in [-0.3, -0.25) is 9.89 Å². The quantitative estimate of drug-likeness (QED) is 0.935. The molecule has 2 aromatic rings. The molecule has 0 unspecified atom stereocenters. The predicted molar refractivity (Wildman–Crippen MR) is 83.6 cm³/mol. The molecule has 0 spiro atoms. The number of H-pyrrole nitrogens is 1. The summed E-state index contributed by atoms with van der Waals surface area (Å²) in [5, 5.41) is 9.01. The van der Waals surface area contributed by atoms with Gasteiger partial charge in [0.2, 0.25) is 5.91 Å². The number of aromatic nitrogens is 3. The standard InChI is InChI=1S/C15H20N4O2S/c1-10(8-12-4-3-7-22-12)15(20)19-5-6-21-13(9-19)14-16-11(2)17-18-14/h3-4,7,10,13H,5-6,8-9H2,1-2H3,(H,16,17,18)/t10-,13+/m1/s1. The van der Waals surface area contributed by atoms with E-state index in [1.54, 1.807) is 11.3 Å². The maximum Gasteiger partial charge on any atom is 0.225 e. The van der Waals surface area contributed by atoms with Crippen LogP contribution in [-0.4, -0.2) is 45.7 Å². The van der Waals surface area contributed by atoms with Crippen LogP contribution in [0.2, 0.25) is 0 Å². The van der Waals surface area contributed by atoms with Crippen molar-refractivity contribution in [2.45, 2.75) is 26.4 Å². The lowest BCUT2D eigenvalue weighted by Gasteiger charge is -2.33. The van der Waals surface area contributed by atoms with Gasteiger partial charge in [0.1, 0.15) is 11.9 Å². The third kappa shape index (κ3) is 3.36. The summed E-state index contributed by atoms with van der Waals surface area (Å²) in [6.45, 7) is 5.52. The van der Waals surface area contributed by atoms with Gasteiger partial charge in [-0.1, -0.05) is 13.0 Å². The molecule has 1 aliphatic rings. The fraction of sp³-hybridized carbons (Fsp3) is 0.533. The number of aromatic amines is 1. The topological polar surface area (TPSA) is 71.1 Å². The fourth-order valence-corrected chi connectivity index (χ4v) is 3.47. The molecule has 2 atom stereocenters. The first-order valence-electron chi connectivity index (χ1n) is 7.45. The van der Waals surface area contributed by atoms with E-state index in [4.69, 9.17) is 4.74 Å². The minimum Gasteiger partial charge on any atom is -0.366 e. The summed E-state index contributed by atoms with van der Waals surface area (Å²) in [4.78, 5) is 20.1. The number of amides is 1. The number of morpholine rings is 1. The molecule has 0 bridgehead atoms. The van der Waals surface area contributed by atoms with Crippen LogP contribution < -0.4 is 0 Å². The Morgan fingerprint density at radius 3 is 3.18 bits per heavy atom. The van der Waals surface area contributed by atoms with Crippen molar-refractivity contribution in [2.75, 3.05) is 19.7 Å². The van der Waals surface area contributed by atoms with Crippen LogP contribution >= 0.6 is 11.3 Å². The predicted octanol–water partition coefficient (Wildman–Crippen LogP) is 1.95. The Bertz CT molecular complexity index is 625. The van der Waals surface area contributed by atoms with Crippen LogP contribution in [0.4, 0.5) is 0 Å². The van der Waals surface area contributed by atoms with Crippen LogP contribution in [0.15, 0.2) is 17.5 Å². The lowest BCUT2D eigenvalue weighted by atomic mass is 10.0. The van der Waals surface area contributed by atoms with E-state index in [0.29, 0.717) is 25.5 Å². The number of carbonyl (C=O) groups is 1. The molecule has 1 amide bonds. The first-order valence-corrected chi connectivity index (χ1v) is 8.33. The second-order valence-electron chi connectivity index (χ2n) is 5.61. The van der Waals surface area contributed by atoms with Crippen LogP contribution in [0.1, 0.15) is 29.6 Å². The summed E-state index contributed by atoms with van der Waals surface area (Å²) in [6.07, 6.45) is 0.551. The van der Waals surface area contributed by atoms with Gasteiger partial charge in [-0.15, -0.1) is 11.3 Å². The summed E-state index contributed by atoms with van der Waals surface area (Å²) in [6, 6.07) is 4.10. The van der Waals surface area contributed by atoms with E-state index >= 15 is 0 Å². The smallest absolute Gasteiger partial charge is 0.225 e. The number of nitrogens with zero attached hydrogens (tertiary/aromatic N) is 3. The van der Waals surface area contributed by atoms with E-state index in [1.807, 2.05) is 30.2 Å². The van der Waals surface area contributed by atoms with E-state index in [9.17, 15) is 4.79 Å². The van der Waals surface area contributed by atoms with Gasteiger partial charge in [-0.05, 0) is 24.8 Å². The van der Waals surface area contributed by atoms with Crippen molar-refractivity contribution >= 4 is 17.2 Å². The highest BCUT2D eigenvalue weighted by molar-refractivity contribution is 7.09. The van der Waals surface area contributed by atoms with Crippen molar-refractivity contribution in [2.24, 2.45) is 5.92 Å². The zero-order chi connectivity index (χ0) is 15.5. The van der Waals surface area contributed by atoms with Gasteiger partial charge in [-0.2, -0.15) is 5.10 Å². The normalized spacial score (nSPS) is 20.1. The van der Waals surface area contributed by atoms with Crippen molar-refractivity contribution in [3.8, 4) is 0 Å². The van der Waals surface area contributed by atoms with Crippen LogP contribution in [0.25, 0.3) is 0 Å². The van der Waals surface area contributed by atoms with Gasteiger partial charge in [0.05, 0.1) is 13.2 Å². The van der Waals surface area contributed by atoms with E-state index in [-0.39, 0.29) is 17.9 Å². The lowest BCUT2D eigenvalue weighted by Crippen LogP contribution is -2.45. The highest BCUT2D eigenvalue weighted by atomic mass is 32.1. The number of hydrogen-bond acceptors (Lipinski definition) is 5. The van der Waals surface area contributed by atoms with Crippen LogP contribution in [0, 0.1) is 12.8 Å². The van der Waals surface area contributed by atoms with Crippen LogP contribution in [0.5, 0.6) is 0 Å². The molecule has 0 aromatic carbocycles. The van der Waals surface area contributed by atoms with Gasteiger partial charge >= 0.3 is 0 Å². The van der Waals surface area contributed by atoms with Gasteiger partial charge in [-0.25, -0.2) is 4.98 Å². The molecular weight excluding hydrogens is 300 g/mol. The lowest BCUT2D eigenvalue weighted by molar-refractivity contribution is -0.143. The Hall–Kier alpha value is -1.73. The first kappa shape index (κ1) is 15.2. The molecule has 1 N–H and O–H groups in total. The molecule has 22 heavy (non-hydrogen) atoms. The maximum atomic E-state index is 12.6. The average Bonchev–Trinajstić information content (AvgIpc) is 3.18. The Morgan fingerprint density at radius 2 is 2.50 bits per heavy atom. The van der Waals surface area contributed by atoms with Crippen molar-refractivity contribution < 1.29 is 9.53 Å². The summed E-state index contributed by atoms with van der Waals surface area (Å²) in [7, 11) is 0. The molecule has 0 aliphatic carbocycles. The summed E-state index contributed by atoms with van der Waals surface area (Å²) in [5.41, 5.74) is 0. The third-order valence-corrected chi connectivity index (χ3v) is 4.69. The number of aryl methyl sites for hydroxylation is 1. The molecule has 1 saturated heterocycles. The second kappa shape index (κ2) is 6.58. The molecule has 7 heteroatoms. The molecule has 1 aliphatic heterocycles. The van der Waals surface area contributed by atoms with E-state index in [1.165, 1.54) is 4.88 Å². The van der Waals surface area contributed by atoms with E-state index in [2.05, 4.69) is 21.2 Å². The van der Waals surface area contributed by atoms with Crippen molar-refractivity contribution in [3.63, 3.8) is 0 Å². The van der Waals surface area contributed by atoms with Crippen LogP contribution in [-0.2, 0) is 16.0 Å². The summed E-state index contributed by atoms with van der Waals surface area (Å²) < 4.78 is 5.71. The highest BCUT2D eigenvalue weighted by Gasteiger charge is 2.30. The Balaban J connectivity index is 1.62. The molecule has 0 radical (unpaired) electrons. The van der Waals surface area contributed by atoms with Gasteiger partial charge in [0, 0.05) is 17.3 Å². The minimum atomic E-state index is -0.239. The number of thiophene rings is 1. The summed E-state index contributed by atoms with van der Waals surface area (Å²) >= 11 is 1.70. The molecule has 2 aromatic heterocycles. The second-order valence-corrected chi connectivity index (χ2v) is 6.64. The number of ether oxygens (including phenoxy) is 1.